The van der Waals surface area contributed by atoms with Crippen LogP contribution in [0, 0.1) is 6.92 Å². The Morgan fingerprint density at radius 2 is 1.93 bits per heavy atom. The van der Waals surface area contributed by atoms with Crippen LogP contribution in [-0.4, -0.2) is 19.1 Å². The Morgan fingerprint density at radius 3 is 2.60 bits per heavy atom. The summed E-state index contributed by atoms with van der Waals surface area (Å²) in [5.74, 6) is 0. The summed E-state index contributed by atoms with van der Waals surface area (Å²) in [6, 6.07) is 8.00. The van der Waals surface area contributed by atoms with Crippen LogP contribution in [0.1, 0.15) is 5.69 Å². The molecule has 78 valence electrons. The Kier molecular flexibility index (Phi) is 2.53. The molecule has 0 spiro atoms. The highest BCUT2D eigenvalue weighted by Gasteiger charge is 2.04. The van der Waals surface area contributed by atoms with E-state index in [1.54, 1.807) is 0 Å². The molecule has 2 aromatic rings. The van der Waals surface area contributed by atoms with Gasteiger partial charge in [-0.15, -0.1) is 0 Å². The van der Waals surface area contributed by atoms with Crippen LogP contribution in [0.3, 0.4) is 0 Å². The fraction of sp³-hybridized carbons (Fsp3) is 0.250. The van der Waals surface area contributed by atoms with Gasteiger partial charge in [0, 0.05) is 30.9 Å². The van der Waals surface area contributed by atoms with Crippen molar-refractivity contribution in [2.24, 2.45) is 0 Å². The molecule has 0 aliphatic rings. The lowest BCUT2D eigenvalue weighted by Gasteiger charge is -2.13. The standard InChI is InChI=1S/C12H13ClN2/c1-8-6-11(13)10-7-9(15(2)3)4-5-12(10)14-8/h4-7H,1-3H3. The second-order valence-electron chi connectivity index (χ2n) is 3.84. The second kappa shape index (κ2) is 3.70. The predicted molar refractivity (Wildman–Crippen MR) is 65.8 cm³/mol. The van der Waals surface area contributed by atoms with E-state index in [9.17, 15) is 0 Å². The molecule has 15 heavy (non-hydrogen) atoms. The molecule has 0 aliphatic carbocycles. The maximum Gasteiger partial charge on any atom is 0.0721 e. The van der Waals surface area contributed by atoms with Gasteiger partial charge < -0.3 is 4.90 Å². The van der Waals surface area contributed by atoms with Gasteiger partial charge in [0.25, 0.3) is 0 Å². The zero-order valence-electron chi connectivity index (χ0n) is 9.08. The van der Waals surface area contributed by atoms with E-state index in [0.717, 1.165) is 27.3 Å². The number of fused-ring (bicyclic) bond motifs is 1. The first kappa shape index (κ1) is 10.2. The van der Waals surface area contributed by atoms with Gasteiger partial charge in [0.2, 0.25) is 0 Å². The van der Waals surface area contributed by atoms with E-state index in [-0.39, 0.29) is 0 Å². The molecule has 2 rings (SSSR count). The quantitative estimate of drug-likeness (QED) is 0.734. The lowest BCUT2D eigenvalue weighted by Crippen LogP contribution is -2.08. The SMILES string of the molecule is Cc1cc(Cl)c2cc(N(C)C)ccc2n1. The van der Waals surface area contributed by atoms with Gasteiger partial charge in [-0.2, -0.15) is 0 Å². The lowest BCUT2D eigenvalue weighted by molar-refractivity contribution is 1.13. The Balaban J connectivity index is 2.71. The highest BCUT2D eigenvalue weighted by molar-refractivity contribution is 6.35. The van der Waals surface area contributed by atoms with Crippen molar-refractivity contribution in [3.8, 4) is 0 Å². The van der Waals surface area contributed by atoms with Crippen molar-refractivity contribution in [1.29, 1.82) is 0 Å². The molecule has 2 nitrogen and oxygen atoms in total. The fourth-order valence-electron chi connectivity index (χ4n) is 1.57. The first-order valence-corrected chi connectivity index (χ1v) is 5.20. The van der Waals surface area contributed by atoms with Crippen LogP contribution in [0.5, 0.6) is 0 Å². The number of halogens is 1. The molecule has 0 fully saturated rings. The van der Waals surface area contributed by atoms with Crippen molar-refractivity contribution < 1.29 is 0 Å². The van der Waals surface area contributed by atoms with Crippen molar-refractivity contribution in [2.45, 2.75) is 6.92 Å². The van der Waals surface area contributed by atoms with E-state index in [1.807, 2.05) is 39.2 Å². The molecule has 0 saturated heterocycles. The number of pyridine rings is 1. The van der Waals surface area contributed by atoms with E-state index >= 15 is 0 Å². The van der Waals surface area contributed by atoms with Gasteiger partial charge in [-0.05, 0) is 31.2 Å². The summed E-state index contributed by atoms with van der Waals surface area (Å²) >= 11 is 6.18. The van der Waals surface area contributed by atoms with Gasteiger partial charge in [0.15, 0.2) is 0 Å². The maximum atomic E-state index is 6.18. The topological polar surface area (TPSA) is 16.1 Å². The monoisotopic (exact) mass is 220 g/mol. The molecule has 0 radical (unpaired) electrons. The largest absolute Gasteiger partial charge is 0.378 e. The van der Waals surface area contributed by atoms with E-state index in [4.69, 9.17) is 11.6 Å². The number of hydrogen-bond donors (Lipinski definition) is 0. The highest BCUT2D eigenvalue weighted by atomic mass is 35.5. The first-order valence-electron chi connectivity index (χ1n) is 4.82. The van der Waals surface area contributed by atoms with E-state index in [2.05, 4.69) is 16.0 Å². The van der Waals surface area contributed by atoms with Crippen molar-refractivity contribution in [3.63, 3.8) is 0 Å². The maximum absolute atomic E-state index is 6.18. The number of aromatic nitrogens is 1. The van der Waals surface area contributed by atoms with Gasteiger partial charge in [0.05, 0.1) is 10.5 Å². The van der Waals surface area contributed by atoms with Crippen LogP contribution < -0.4 is 4.90 Å². The Labute approximate surface area is 94.5 Å². The molecule has 1 aromatic heterocycles. The number of rotatable bonds is 1. The van der Waals surface area contributed by atoms with E-state index < -0.39 is 0 Å². The third kappa shape index (κ3) is 1.90. The zero-order chi connectivity index (χ0) is 11.0. The van der Waals surface area contributed by atoms with E-state index in [0.29, 0.717) is 0 Å². The normalized spacial score (nSPS) is 10.7. The molecule has 0 saturated carbocycles. The van der Waals surface area contributed by atoms with Gasteiger partial charge in [-0.25, -0.2) is 0 Å². The van der Waals surface area contributed by atoms with Crippen molar-refractivity contribution >= 4 is 28.2 Å². The summed E-state index contributed by atoms with van der Waals surface area (Å²) in [6.07, 6.45) is 0. The third-order valence-corrected chi connectivity index (χ3v) is 2.70. The highest BCUT2D eigenvalue weighted by Crippen LogP contribution is 2.26. The second-order valence-corrected chi connectivity index (χ2v) is 4.25. The Morgan fingerprint density at radius 1 is 1.20 bits per heavy atom. The van der Waals surface area contributed by atoms with Gasteiger partial charge in [-0.3, -0.25) is 4.98 Å². The molecule has 3 heteroatoms. The molecule has 0 atom stereocenters. The first-order chi connectivity index (χ1) is 7.08. The third-order valence-electron chi connectivity index (χ3n) is 2.39. The van der Waals surface area contributed by atoms with Crippen LogP contribution in [0.15, 0.2) is 24.3 Å². The fourth-order valence-corrected chi connectivity index (χ4v) is 1.88. The van der Waals surface area contributed by atoms with Gasteiger partial charge >= 0.3 is 0 Å². The van der Waals surface area contributed by atoms with Gasteiger partial charge in [-0.1, -0.05) is 11.6 Å². The summed E-state index contributed by atoms with van der Waals surface area (Å²) in [5.41, 5.74) is 3.03. The minimum Gasteiger partial charge on any atom is -0.378 e. The Hall–Kier alpha value is -1.28. The number of anilines is 1. The van der Waals surface area contributed by atoms with Gasteiger partial charge in [0.1, 0.15) is 0 Å². The van der Waals surface area contributed by atoms with Crippen LogP contribution in [0.2, 0.25) is 5.02 Å². The number of hydrogen-bond acceptors (Lipinski definition) is 2. The van der Waals surface area contributed by atoms with Crippen molar-refractivity contribution in [1.82, 2.24) is 4.98 Å². The summed E-state index contributed by atoms with van der Waals surface area (Å²) in [4.78, 5) is 6.49. The minimum atomic E-state index is 0.765. The smallest absolute Gasteiger partial charge is 0.0721 e. The summed E-state index contributed by atoms with van der Waals surface area (Å²) in [5, 5.41) is 1.77. The zero-order valence-corrected chi connectivity index (χ0v) is 9.84. The molecule has 0 aliphatic heterocycles. The molecule has 0 unspecified atom stereocenters. The summed E-state index contributed by atoms with van der Waals surface area (Å²) < 4.78 is 0. The van der Waals surface area contributed by atoms with Crippen LogP contribution in [0.4, 0.5) is 5.69 Å². The summed E-state index contributed by atoms with van der Waals surface area (Å²) in [7, 11) is 4.02. The van der Waals surface area contributed by atoms with E-state index in [1.165, 1.54) is 0 Å². The molecule has 0 N–H and O–H groups in total. The van der Waals surface area contributed by atoms with Crippen LogP contribution in [-0.2, 0) is 0 Å². The van der Waals surface area contributed by atoms with Crippen LogP contribution >= 0.6 is 11.6 Å². The molecular weight excluding hydrogens is 208 g/mol. The Bertz CT molecular complexity index is 506. The number of aryl methyl sites for hydroxylation is 1. The lowest BCUT2D eigenvalue weighted by atomic mass is 10.2. The molecule has 0 bridgehead atoms. The predicted octanol–water partition coefficient (Wildman–Crippen LogP) is 3.26. The average Bonchev–Trinajstić information content (AvgIpc) is 2.16. The summed E-state index contributed by atoms with van der Waals surface area (Å²) in [6.45, 7) is 1.95. The average molecular weight is 221 g/mol. The number of nitrogens with zero attached hydrogens (tertiary/aromatic N) is 2. The molecule has 1 heterocycles. The van der Waals surface area contributed by atoms with Crippen LogP contribution in [0.25, 0.3) is 10.9 Å². The molecular formula is C12H13ClN2. The minimum absolute atomic E-state index is 0.765. The molecule has 1 aromatic carbocycles. The number of benzene rings is 1. The molecule has 0 amide bonds. The van der Waals surface area contributed by atoms with Crippen molar-refractivity contribution in [3.05, 3.63) is 35.0 Å². The van der Waals surface area contributed by atoms with Crippen molar-refractivity contribution in [2.75, 3.05) is 19.0 Å².